The van der Waals surface area contributed by atoms with Gasteiger partial charge < -0.3 is 15.2 Å². The van der Waals surface area contributed by atoms with Crippen LogP contribution in [-0.2, 0) is 0 Å². The Morgan fingerprint density at radius 1 is 1.32 bits per heavy atom. The predicted molar refractivity (Wildman–Crippen MR) is 73.0 cm³/mol. The van der Waals surface area contributed by atoms with Crippen molar-refractivity contribution < 1.29 is 14.6 Å². The first-order valence-corrected chi connectivity index (χ1v) is 6.07. The molecule has 98 valence electrons. The lowest BCUT2D eigenvalue weighted by atomic mass is 10.2. The summed E-state index contributed by atoms with van der Waals surface area (Å²) in [6.45, 7) is 0. The molecule has 0 bridgehead atoms. The van der Waals surface area contributed by atoms with Crippen LogP contribution in [0.5, 0.6) is 5.88 Å². The molecule has 0 unspecified atom stereocenters. The Balaban J connectivity index is 2.28. The summed E-state index contributed by atoms with van der Waals surface area (Å²) >= 11 is 3.33. The average Bonchev–Trinajstić information content (AvgIpc) is 2.41. The SMILES string of the molecule is COc1nnc(Nc2ccc(Br)cc2)cc1C(=O)O. The number of aromatic nitrogens is 2. The number of hydrogen-bond acceptors (Lipinski definition) is 5. The second-order valence-electron chi connectivity index (χ2n) is 3.59. The van der Waals surface area contributed by atoms with E-state index >= 15 is 0 Å². The minimum Gasteiger partial charge on any atom is -0.479 e. The van der Waals surface area contributed by atoms with Gasteiger partial charge in [-0.25, -0.2) is 4.79 Å². The van der Waals surface area contributed by atoms with Gasteiger partial charge in [0.15, 0.2) is 5.82 Å². The average molecular weight is 324 g/mol. The number of rotatable bonds is 4. The third-order valence-corrected chi connectivity index (χ3v) is 2.83. The number of anilines is 2. The van der Waals surface area contributed by atoms with E-state index in [0.29, 0.717) is 5.82 Å². The number of carboxylic acids is 1. The van der Waals surface area contributed by atoms with E-state index in [-0.39, 0.29) is 11.4 Å². The second kappa shape index (κ2) is 5.66. The number of carbonyl (C=O) groups is 1. The van der Waals surface area contributed by atoms with Gasteiger partial charge in [-0.15, -0.1) is 10.2 Å². The van der Waals surface area contributed by atoms with Gasteiger partial charge in [0.1, 0.15) is 5.56 Å². The standard InChI is InChI=1S/C12H10BrN3O3/c1-19-11-9(12(17)18)6-10(15-16-11)14-8-4-2-7(13)3-5-8/h2-6H,1H3,(H,14,15)(H,17,18). The summed E-state index contributed by atoms with van der Waals surface area (Å²) in [4.78, 5) is 11.0. The summed E-state index contributed by atoms with van der Waals surface area (Å²) in [5.74, 6) is -0.806. The molecule has 1 heterocycles. The smallest absolute Gasteiger partial charge is 0.341 e. The fourth-order valence-corrected chi connectivity index (χ4v) is 1.69. The minimum absolute atomic E-state index is 0.0196. The molecule has 2 N–H and O–H groups in total. The molecule has 0 atom stereocenters. The number of hydrogen-bond donors (Lipinski definition) is 2. The van der Waals surface area contributed by atoms with Gasteiger partial charge in [-0.1, -0.05) is 15.9 Å². The van der Waals surface area contributed by atoms with E-state index in [1.165, 1.54) is 13.2 Å². The summed E-state index contributed by atoms with van der Waals surface area (Å²) < 4.78 is 5.79. The highest BCUT2D eigenvalue weighted by Gasteiger charge is 2.14. The third-order valence-electron chi connectivity index (χ3n) is 2.30. The van der Waals surface area contributed by atoms with Crippen molar-refractivity contribution in [3.05, 3.63) is 40.4 Å². The molecule has 0 aliphatic heterocycles. The Labute approximate surface area is 117 Å². The lowest BCUT2D eigenvalue weighted by Crippen LogP contribution is -2.06. The summed E-state index contributed by atoms with van der Waals surface area (Å²) in [6.07, 6.45) is 0. The van der Waals surface area contributed by atoms with Crippen LogP contribution >= 0.6 is 15.9 Å². The van der Waals surface area contributed by atoms with Crippen LogP contribution in [0.2, 0.25) is 0 Å². The number of methoxy groups -OCH3 is 1. The molecule has 0 fully saturated rings. The molecular weight excluding hydrogens is 314 g/mol. The Kier molecular flexibility index (Phi) is 3.96. The molecule has 7 heteroatoms. The van der Waals surface area contributed by atoms with Crippen LogP contribution in [0.4, 0.5) is 11.5 Å². The van der Waals surface area contributed by atoms with Crippen LogP contribution in [0.15, 0.2) is 34.8 Å². The van der Waals surface area contributed by atoms with Crippen molar-refractivity contribution in [2.24, 2.45) is 0 Å². The summed E-state index contributed by atoms with van der Waals surface area (Å²) in [7, 11) is 1.35. The molecule has 1 aromatic carbocycles. The van der Waals surface area contributed by atoms with Crippen molar-refractivity contribution in [3.8, 4) is 5.88 Å². The number of nitrogens with zero attached hydrogens (tertiary/aromatic N) is 2. The molecule has 2 rings (SSSR count). The number of ether oxygens (including phenoxy) is 1. The van der Waals surface area contributed by atoms with Gasteiger partial charge in [-0.05, 0) is 24.3 Å². The first-order valence-electron chi connectivity index (χ1n) is 5.28. The van der Waals surface area contributed by atoms with E-state index in [4.69, 9.17) is 9.84 Å². The highest BCUT2D eigenvalue weighted by atomic mass is 79.9. The Hall–Kier alpha value is -2.15. The maximum Gasteiger partial charge on any atom is 0.341 e. The van der Waals surface area contributed by atoms with Gasteiger partial charge in [-0.2, -0.15) is 0 Å². The maximum atomic E-state index is 11.0. The normalized spacial score (nSPS) is 10.0. The highest BCUT2D eigenvalue weighted by molar-refractivity contribution is 9.10. The number of halogens is 1. The summed E-state index contributed by atoms with van der Waals surface area (Å²) in [5.41, 5.74) is 0.733. The molecule has 0 aliphatic rings. The molecule has 2 aromatic rings. The molecule has 0 saturated heterocycles. The Morgan fingerprint density at radius 2 is 2.00 bits per heavy atom. The van der Waals surface area contributed by atoms with E-state index in [1.54, 1.807) is 0 Å². The van der Waals surface area contributed by atoms with Gasteiger partial charge in [0.05, 0.1) is 7.11 Å². The van der Waals surface area contributed by atoms with E-state index in [2.05, 4.69) is 31.4 Å². The minimum atomic E-state index is -1.12. The van der Waals surface area contributed by atoms with Crippen molar-refractivity contribution in [1.82, 2.24) is 10.2 Å². The number of benzene rings is 1. The predicted octanol–water partition coefficient (Wildman–Crippen LogP) is 2.69. The van der Waals surface area contributed by atoms with Gasteiger partial charge in [-0.3, -0.25) is 0 Å². The van der Waals surface area contributed by atoms with E-state index in [9.17, 15) is 4.79 Å². The molecule has 0 saturated carbocycles. The lowest BCUT2D eigenvalue weighted by Gasteiger charge is -2.07. The van der Waals surface area contributed by atoms with Gasteiger partial charge in [0, 0.05) is 16.2 Å². The van der Waals surface area contributed by atoms with Crippen molar-refractivity contribution in [1.29, 1.82) is 0 Å². The molecule has 1 aromatic heterocycles. The van der Waals surface area contributed by atoms with Crippen LogP contribution < -0.4 is 10.1 Å². The Bertz CT molecular complexity index is 602. The largest absolute Gasteiger partial charge is 0.479 e. The van der Waals surface area contributed by atoms with Crippen molar-refractivity contribution in [2.75, 3.05) is 12.4 Å². The molecule has 19 heavy (non-hydrogen) atoms. The molecule has 0 amide bonds. The molecule has 0 aliphatic carbocycles. The van der Waals surface area contributed by atoms with E-state index in [1.807, 2.05) is 24.3 Å². The number of aromatic carboxylic acids is 1. The fraction of sp³-hybridized carbons (Fsp3) is 0.0833. The van der Waals surface area contributed by atoms with Crippen LogP contribution in [0, 0.1) is 0 Å². The van der Waals surface area contributed by atoms with Crippen LogP contribution in [-0.4, -0.2) is 28.4 Å². The molecule has 6 nitrogen and oxygen atoms in total. The molecule has 0 radical (unpaired) electrons. The fourth-order valence-electron chi connectivity index (χ4n) is 1.43. The quantitative estimate of drug-likeness (QED) is 0.899. The zero-order chi connectivity index (χ0) is 13.8. The van der Waals surface area contributed by atoms with Crippen molar-refractivity contribution in [3.63, 3.8) is 0 Å². The summed E-state index contributed by atoms with van der Waals surface area (Å²) in [6, 6.07) is 8.75. The van der Waals surface area contributed by atoms with Gasteiger partial charge in [0.25, 0.3) is 0 Å². The van der Waals surface area contributed by atoms with Gasteiger partial charge in [0.2, 0.25) is 5.88 Å². The molecule has 0 spiro atoms. The van der Waals surface area contributed by atoms with E-state index in [0.717, 1.165) is 10.2 Å². The molecular formula is C12H10BrN3O3. The van der Waals surface area contributed by atoms with E-state index < -0.39 is 5.97 Å². The second-order valence-corrected chi connectivity index (χ2v) is 4.51. The monoisotopic (exact) mass is 323 g/mol. The highest BCUT2D eigenvalue weighted by Crippen LogP contribution is 2.21. The van der Waals surface area contributed by atoms with Crippen LogP contribution in [0.25, 0.3) is 0 Å². The Morgan fingerprint density at radius 3 is 2.58 bits per heavy atom. The van der Waals surface area contributed by atoms with Crippen LogP contribution in [0.3, 0.4) is 0 Å². The topological polar surface area (TPSA) is 84.3 Å². The van der Waals surface area contributed by atoms with Crippen molar-refractivity contribution >= 4 is 33.4 Å². The van der Waals surface area contributed by atoms with Gasteiger partial charge >= 0.3 is 5.97 Å². The zero-order valence-electron chi connectivity index (χ0n) is 9.92. The first kappa shape index (κ1) is 13.3. The number of nitrogens with one attached hydrogen (secondary N) is 1. The van der Waals surface area contributed by atoms with Crippen LogP contribution in [0.1, 0.15) is 10.4 Å². The maximum absolute atomic E-state index is 11.0. The first-order chi connectivity index (χ1) is 9.10. The number of carboxylic acid groups (broad SMARTS) is 1. The third kappa shape index (κ3) is 3.19. The zero-order valence-corrected chi connectivity index (χ0v) is 11.5. The van der Waals surface area contributed by atoms with Crippen molar-refractivity contribution in [2.45, 2.75) is 0 Å². The lowest BCUT2D eigenvalue weighted by molar-refractivity contribution is 0.0692. The summed E-state index contributed by atoms with van der Waals surface area (Å²) in [5, 5.41) is 19.6.